The number of carbonyl (C=O) groups is 2. The first-order valence-electron chi connectivity index (χ1n) is 6.56. The van der Waals surface area contributed by atoms with Gasteiger partial charge in [0.15, 0.2) is 0 Å². The molecule has 0 saturated carbocycles. The van der Waals surface area contributed by atoms with Crippen molar-refractivity contribution in [3.8, 4) is 0 Å². The van der Waals surface area contributed by atoms with Crippen LogP contribution < -0.4 is 11.1 Å². The molecule has 110 valence electrons. The van der Waals surface area contributed by atoms with Crippen LogP contribution in [0, 0.1) is 5.92 Å². The highest BCUT2D eigenvalue weighted by Crippen LogP contribution is 2.15. The Labute approximate surface area is 113 Å². The lowest BCUT2D eigenvalue weighted by atomic mass is 9.97. The molecule has 0 aromatic heterocycles. The van der Waals surface area contributed by atoms with Gasteiger partial charge in [-0.1, -0.05) is 20.3 Å². The SMILES string of the molecule is CCC(C)C(NC(N)=O)C(=O)N1CCOCC1CO. The predicted octanol–water partition coefficient (Wildman–Crippen LogP) is -0.711. The van der Waals surface area contributed by atoms with E-state index in [0.717, 1.165) is 6.42 Å². The number of nitrogens with two attached hydrogens (primary N) is 1. The van der Waals surface area contributed by atoms with Gasteiger partial charge in [0.1, 0.15) is 6.04 Å². The molecule has 0 aromatic rings. The van der Waals surface area contributed by atoms with Crippen molar-refractivity contribution in [1.82, 2.24) is 10.2 Å². The van der Waals surface area contributed by atoms with Crippen molar-refractivity contribution in [2.75, 3.05) is 26.4 Å². The number of carbonyl (C=O) groups excluding carboxylic acids is 2. The lowest BCUT2D eigenvalue weighted by molar-refractivity contribution is -0.144. The molecule has 1 saturated heterocycles. The Kier molecular flexibility index (Phi) is 6.04. The molecule has 1 aliphatic rings. The van der Waals surface area contributed by atoms with E-state index in [0.29, 0.717) is 19.8 Å². The van der Waals surface area contributed by atoms with E-state index in [9.17, 15) is 14.7 Å². The summed E-state index contributed by atoms with van der Waals surface area (Å²) >= 11 is 0. The Balaban J connectivity index is 2.81. The van der Waals surface area contributed by atoms with Crippen LogP contribution in [0.3, 0.4) is 0 Å². The predicted molar refractivity (Wildman–Crippen MR) is 69.4 cm³/mol. The van der Waals surface area contributed by atoms with Gasteiger partial charge in [-0.15, -0.1) is 0 Å². The average Bonchev–Trinajstić information content (AvgIpc) is 2.42. The smallest absolute Gasteiger partial charge is 0.312 e. The zero-order chi connectivity index (χ0) is 14.4. The highest BCUT2D eigenvalue weighted by molar-refractivity contribution is 5.87. The van der Waals surface area contributed by atoms with Gasteiger partial charge < -0.3 is 25.8 Å². The number of ether oxygens (including phenoxy) is 1. The second-order valence-electron chi connectivity index (χ2n) is 4.81. The molecule has 0 aliphatic carbocycles. The second kappa shape index (κ2) is 7.30. The van der Waals surface area contributed by atoms with Gasteiger partial charge in [0.25, 0.3) is 0 Å². The Morgan fingerprint density at radius 3 is 2.79 bits per heavy atom. The normalized spacial score (nSPS) is 22.7. The van der Waals surface area contributed by atoms with Crippen LogP contribution in [0.25, 0.3) is 0 Å². The summed E-state index contributed by atoms with van der Waals surface area (Å²) in [7, 11) is 0. The van der Waals surface area contributed by atoms with E-state index in [1.165, 1.54) is 0 Å². The van der Waals surface area contributed by atoms with Gasteiger partial charge >= 0.3 is 6.03 Å². The van der Waals surface area contributed by atoms with Gasteiger partial charge in [0.05, 0.1) is 25.9 Å². The third kappa shape index (κ3) is 4.07. The number of hydrogen-bond donors (Lipinski definition) is 3. The molecule has 0 spiro atoms. The van der Waals surface area contributed by atoms with Gasteiger partial charge in [-0.3, -0.25) is 4.79 Å². The second-order valence-corrected chi connectivity index (χ2v) is 4.81. The average molecular weight is 273 g/mol. The molecule has 3 amide bonds. The quantitative estimate of drug-likeness (QED) is 0.615. The highest BCUT2D eigenvalue weighted by atomic mass is 16.5. The summed E-state index contributed by atoms with van der Waals surface area (Å²) in [6.07, 6.45) is 0.741. The van der Waals surface area contributed by atoms with Crippen LogP contribution in [0.5, 0.6) is 0 Å². The van der Waals surface area contributed by atoms with Crippen LogP contribution in [0.1, 0.15) is 20.3 Å². The van der Waals surface area contributed by atoms with Gasteiger partial charge in [0, 0.05) is 6.54 Å². The van der Waals surface area contributed by atoms with Crippen molar-refractivity contribution >= 4 is 11.9 Å². The van der Waals surface area contributed by atoms with Gasteiger partial charge in [-0.05, 0) is 5.92 Å². The number of rotatable bonds is 5. The Morgan fingerprint density at radius 2 is 2.26 bits per heavy atom. The minimum Gasteiger partial charge on any atom is -0.394 e. The summed E-state index contributed by atoms with van der Waals surface area (Å²) in [5.41, 5.74) is 5.13. The molecule has 1 heterocycles. The molecule has 4 N–H and O–H groups in total. The number of nitrogens with one attached hydrogen (secondary N) is 1. The maximum absolute atomic E-state index is 12.5. The van der Waals surface area contributed by atoms with Crippen molar-refractivity contribution < 1.29 is 19.4 Å². The minimum atomic E-state index is -0.715. The topological polar surface area (TPSA) is 105 Å². The number of nitrogens with zero attached hydrogens (tertiary/aromatic N) is 1. The lowest BCUT2D eigenvalue weighted by Gasteiger charge is -2.37. The molecule has 0 bridgehead atoms. The third-order valence-electron chi connectivity index (χ3n) is 3.50. The fraction of sp³-hybridized carbons (Fsp3) is 0.833. The van der Waals surface area contributed by atoms with Gasteiger partial charge in [-0.2, -0.15) is 0 Å². The first-order valence-corrected chi connectivity index (χ1v) is 6.56. The van der Waals surface area contributed by atoms with E-state index >= 15 is 0 Å². The van der Waals surface area contributed by atoms with Crippen LogP contribution in [0.2, 0.25) is 0 Å². The molecule has 19 heavy (non-hydrogen) atoms. The maximum atomic E-state index is 12.5. The van der Waals surface area contributed by atoms with E-state index in [-0.39, 0.29) is 24.5 Å². The molecule has 0 aromatic carbocycles. The van der Waals surface area contributed by atoms with Crippen molar-refractivity contribution in [2.24, 2.45) is 11.7 Å². The first-order chi connectivity index (χ1) is 9.01. The van der Waals surface area contributed by atoms with E-state index in [4.69, 9.17) is 10.5 Å². The molecule has 0 radical (unpaired) electrons. The number of morpholine rings is 1. The van der Waals surface area contributed by atoms with Crippen LogP contribution in [0.4, 0.5) is 4.79 Å². The zero-order valence-electron chi connectivity index (χ0n) is 11.5. The first kappa shape index (κ1) is 15.7. The van der Waals surface area contributed by atoms with Crippen LogP contribution >= 0.6 is 0 Å². The summed E-state index contributed by atoms with van der Waals surface area (Å²) in [5, 5.41) is 11.8. The third-order valence-corrected chi connectivity index (χ3v) is 3.50. The Bertz CT molecular complexity index is 324. The summed E-state index contributed by atoms with van der Waals surface area (Å²) in [4.78, 5) is 25.1. The van der Waals surface area contributed by atoms with Crippen molar-refractivity contribution in [2.45, 2.75) is 32.4 Å². The zero-order valence-corrected chi connectivity index (χ0v) is 11.5. The molecular formula is C12H23N3O4. The van der Waals surface area contributed by atoms with Gasteiger partial charge in [0.2, 0.25) is 5.91 Å². The van der Waals surface area contributed by atoms with Crippen LogP contribution in [0.15, 0.2) is 0 Å². The number of primary amides is 1. The minimum absolute atomic E-state index is 0.0258. The van der Waals surface area contributed by atoms with E-state index in [2.05, 4.69) is 5.32 Å². The maximum Gasteiger partial charge on any atom is 0.312 e. The number of hydrogen-bond acceptors (Lipinski definition) is 4. The van der Waals surface area contributed by atoms with E-state index < -0.39 is 12.1 Å². The molecule has 3 unspecified atom stereocenters. The van der Waals surface area contributed by atoms with Crippen molar-refractivity contribution in [1.29, 1.82) is 0 Å². The number of aliphatic hydroxyl groups excluding tert-OH is 1. The van der Waals surface area contributed by atoms with E-state index in [1.54, 1.807) is 4.90 Å². The monoisotopic (exact) mass is 273 g/mol. The summed E-state index contributed by atoms with van der Waals surface area (Å²) in [6, 6.07) is -1.73. The molecule has 1 fully saturated rings. The number of aliphatic hydroxyl groups is 1. The molecule has 1 rings (SSSR count). The fourth-order valence-electron chi connectivity index (χ4n) is 2.11. The Morgan fingerprint density at radius 1 is 1.58 bits per heavy atom. The number of urea groups is 1. The van der Waals surface area contributed by atoms with Gasteiger partial charge in [-0.25, -0.2) is 4.79 Å². The molecule has 1 aliphatic heterocycles. The molecular weight excluding hydrogens is 250 g/mol. The fourth-order valence-corrected chi connectivity index (χ4v) is 2.11. The van der Waals surface area contributed by atoms with E-state index in [1.807, 2.05) is 13.8 Å². The molecule has 7 nitrogen and oxygen atoms in total. The highest BCUT2D eigenvalue weighted by Gasteiger charge is 2.34. The standard InChI is InChI=1S/C12H23N3O4/c1-3-8(2)10(14-12(13)18)11(17)15-4-5-19-7-9(15)6-16/h8-10,16H,3-7H2,1-2H3,(H3,13,14,18). The summed E-state index contributed by atoms with van der Waals surface area (Å²) in [6.45, 7) is 4.83. The van der Waals surface area contributed by atoms with Crippen LogP contribution in [-0.2, 0) is 9.53 Å². The molecule has 3 atom stereocenters. The summed E-state index contributed by atoms with van der Waals surface area (Å²) in [5.74, 6) is -0.238. The van der Waals surface area contributed by atoms with Crippen LogP contribution in [-0.4, -0.2) is 60.4 Å². The molecule has 7 heteroatoms. The largest absolute Gasteiger partial charge is 0.394 e. The van der Waals surface area contributed by atoms with Crippen molar-refractivity contribution in [3.63, 3.8) is 0 Å². The Hall–Kier alpha value is -1.34. The number of amides is 3. The summed E-state index contributed by atoms with van der Waals surface area (Å²) < 4.78 is 5.24. The lowest BCUT2D eigenvalue weighted by Crippen LogP contribution is -2.59. The van der Waals surface area contributed by atoms with Crippen molar-refractivity contribution in [3.05, 3.63) is 0 Å².